The summed E-state index contributed by atoms with van der Waals surface area (Å²) >= 11 is 0. The highest BCUT2D eigenvalue weighted by atomic mass is 14.7. The summed E-state index contributed by atoms with van der Waals surface area (Å²) in [6.07, 6.45) is 9.16. The van der Waals surface area contributed by atoms with Gasteiger partial charge in [-0.3, -0.25) is 15.0 Å². The number of aromatic nitrogens is 3. The first-order valence-electron chi connectivity index (χ1n) is 7.04. The van der Waals surface area contributed by atoms with E-state index in [4.69, 9.17) is 0 Å². The van der Waals surface area contributed by atoms with Gasteiger partial charge in [0.1, 0.15) is 0 Å². The van der Waals surface area contributed by atoms with Gasteiger partial charge in [-0.05, 0) is 47.9 Å². The molecule has 3 heteroatoms. The van der Waals surface area contributed by atoms with Crippen molar-refractivity contribution in [3.63, 3.8) is 0 Å². The van der Waals surface area contributed by atoms with Crippen molar-refractivity contribution in [2.75, 3.05) is 0 Å². The molecule has 0 saturated carbocycles. The minimum absolute atomic E-state index is 0.771. The number of pyridine rings is 3. The van der Waals surface area contributed by atoms with Gasteiger partial charge in [-0.2, -0.15) is 0 Å². The SMILES string of the molecule is Cc1ccncc1Cc1ccc(Cc2ccccn2)nc1. The van der Waals surface area contributed by atoms with Crippen LogP contribution in [0.15, 0.2) is 61.2 Å². The first kappa shape index (κ1) is 13.4. The Balaban J connectivity index is 1.71. The van der Waals surface area contributed by atoms with Gasteiger partial charge >= 0.3 is 0 Å². The van der Waals surface area contributed by atoms with Crippen molar-refractivity contribution >= 4 is 0 Å². The molecule has 0 bridgehead atoms. The number of rotatable bonds is 4. The predicted octanol–water partition coefficient (Wildman–Crippen LogP) is 3.36. The lowest BCUT2D eigenvalue weighted by Crippen LogP contribution is -1.97. The molecule has 0 aliphatic rings. The second-order valence-electron chi connectivity index (χ2n) is 5.13. The highest BCUT2D eigenvalue weighted by Gasteiger charge is 2.02. The third-order valence-electron chi connectivity index (χ3n) is 3.52. The highest BCUT2D eigenvalue weighted by Crippen LogP contribution is 2.13. The van der Waals surface area contributed by atoms with Crippen LogP contribution in [-0.2, 0) is 12.8 Å². The standard InChI is InChI=1S/C18H17N3/c1-14-7-9-19-13-16(14)10-15-5-6-18(21-12-15)11-17-4-2-3-8-20-17/h2-9,12-13H,10-11H2,1H3. The van der Waals surface area contributed by atoms with E-state index in [2.05, 4.69) is 34.0 Å². The third-order valence-corrected chi connectivity index (χ3v) is 3.52. The second kappa shape index (κ2) is 6.27. The Morgan fingerprint density at radius 2 is 1.71 bits per heavy atom. The lowest BCUT2D eigenvalue weighted by atomic mass is 10.0. The zero-order chi connectivity index (χ0) is 14.5. The van der Waals surface area contributed by atoms with E-state index in [1.54, 1.807) is 0 Å². The predicted molar refractivity (Wildman–Crippen MR) is 83.1 cm³/mol. The molecule has 3 rings (SSSR count). The smallest absolute Gasteiger partial charge is 0.0463 e. The molecule has 3 heterocycles. The fourth-order valence-corrected chi connectivity index (χ4v) is 2.25. The van der Waals surface area contributed by atoms with Crippen molar-refractivity contribution in [2.24, 2.45) is 0 Å². The fourth-order valence-electron chi connectivity index (χ4n) is 2.25. The molecule has 0 aromatic carbocycles. The molecule has 0 saturated heterocycles. The largest absolute Gasteiger partial charge is 0.264 e. The van der Waals surface area contributed by atoms with Crippen molar-refractivity contribution < 1.29 is 0 Å². The molecule has 0 aliphatic carbocycles. The van der Waals surface area contributed by atoms with Gasteiger partial charge in [-0.1, -0.05) is 12.1 Å². The molecule has 0 spiro atoms. The third kappa shape index (κ3) is 3.51. The molecule has 0 amide bonds. The molecule has 3 aromatic rings. The second-order valence-corrected chi connectivity index (χ2v) is 5.13. The lowest BCUT2D eigenvalue weighted by Gasteiger charge is -2.06. The molecule has 21 heavy (non-hydrogen) atoms. The molecular weight excluding hydrogens is 258 g/mol. The zero-order valence-corrected chi connectivity index (χ0v) is 12.0. The van der Waals surface area contributed by atoms with E-state index in [1.807, 2.05) is 49.1 Å². The van der Waals surface area contributed by atoms with Gasteiger partial charge in [-0.15, -0.1) is 0 Å². The van der Waals surface area contributed by atoms with Crippen molar-refractivity contribution in [3.05, 3.63) is 89.3 Å². The quantitative estimate of drug-likeness (QED) is 0.733. The van der Waals surface area contributed by atoms with Gasteiger partial charge in [0.15, 0.2) is 0 Å². The topological polar surface area (TPSA) is 38.7 Å². The van der Waals surface area contributed by atoms with E-state index in [0.717, 1.165) is 24.2 Å². The summed E-state index contributed by atoms with van der Waals surface area (Å²) in [5.41, 5.74) is 5.80. The molecule has 0 radical (unpaired) electrons. The summed E-state index contributed by atoms with van der Waals surface area (Å²) in [6, 6.07) is 12.2. The molecule has 0 atom stereocenters. The average Bonchev–Trinajstić information content (AvgIpc) is 2.52. The Morgan fingerprint density at radius 1 is 0.810 bits per heavy atom. The van der Waals surface area contributed by atoms with Crippen LogP contribution in [0.5, 0.6) is 0 Å². The van der Waals surface area contributed by atoms with Crippen LogP contribution < -0.4 is 0 Å². The summed E-state index contributed by atoms with van der Waals surface area (Å²) in [5.74, 6) is 0. The summed E-state index contributed by atoms with van der Waals surface area (Å²) < 4.78 is 0. The summed E-state index contributed by atoms with van der Waals surface area (Å²) in [7, 11) is 0. The Morgan fingerprint density at radius 3 is 2.43 bits per heavy atom. The minimum atomic E-state index is 0.771. The van der Waals surface area contributed by atoms with Crippen LogP contribution in [-0.4, -0.2) is 15.0 Å². The molecule has 0 unspecified atom stereocenters. The maximum atomic E-state index is 4.54. The van der Waals surface area contributed by atoms with Crippen LogP contribution >= 0.6 is 0 Å². The first-order chi connectivity index (χ1) is 10.3. The van der Waals surface area contributed by atoms with Gasteiger partial charge < -0.3 is 0 Å². The molecule has 0 fully saturated rings. The van der Waals surface area contributed by atoms with Crippen molar-refractivity contribution in [1.29, 1.82) is 0 Å². The molecule has 3 nitrogen and oxygen atoms in total. The Hall–Kier alpha value is -2.55. The lowest BCUT2D eigenvalue weighted by molar-refractivity contribution is 0.994. The number of aryl methyl sites for hydroxylation is 1. The molecule has 104 valence electrons. The number of nitrogens with zero attached hydrogens (tertiary/aromatic N) is 3. The maximum Gasteiger partial charge on any atom is 0.0463 e. The Bertz CT molecular complexity index is 706. The van der Waals surface area contributed by atoms with E-state index >= 15 is 0 Å². The summed E-state index contributed by atoms with van der Waals surface area (Å²) in [4.78, 5) is 13.1. The van der Waals surface area contributed by atoms with Crippen LogP contribution in [0, 0.1) is 6.92 Å². The highest BCUT2D eigenvalue weighted by molar-refractivity contribution is 5.29. The number of hydrogen-bond donors (Lipinski definition) is 0. The normalized spacial score (nSPS) is 10.5. The number of hydrogen-bond acceptors (Lipinski definition) is 3. The van der Waals surface area contributed by atoms with E-state index in [9.17, 15) is 0 Å². The van der Waals surface area contributed by atoms with Gasteiger partial charge in [0.2, 0.25) is 0 Å². The van der Waals surface area contributed by atoms with Crippen LogP contribution in [0.1, 0.15) is 28.1 Å². The van der Waals surface area contributed by atoms with Crippen molar-refractivity contribution in [2.45, 2.75) is 19.8 Å². The molecule has 3 aromatic heterocycles. The Kier molecular flexibility index (Phi) is 4.01. The van der Waals surface area contributed by atoms with E-state index < -0.39 is 0 Å². The van der Waals surface area contributed by atoms with E-state index in [-0.39, 0.29) is 0 Å². The molecule has 0 N–H and O–H groups in total. The zero-order valence-electron chi connectivity index (χ0n) is 12.0. The van der Waals surface area contributed by atoms with Crippen LogP contribution in [0.4, 0.5) is 0 Å². The maximum absolute atomic E-state index is 4.54. The fraction of sp³-hybridized carbons (Fsp3) is 0.167. The minimum Gasteiger partial charge on any atom is -0.264 e. The summed E-state index contributed by atoms with van der Waals surface area (Å²) in [5, 5.41) is 0. The summed E-state index contributed by atoms with van der Waals surface area (Å²) in [6.45, 7) is 2.11. The van der Waals surface area contributed by atoms with Gasteiger partial charge in [0.25, 0.3) is 0 Å². The van der Waals surface area contributed by atoms with E-state index in [0.29, 0.717) is 0 Å². The van der Waals surface area contributed by atoms with Gasteiger partial charge in [-0.25, -0.2) is 0 Å². The molecule has 0 aliphatic heterocycles. The van der Waals surface area contributed by atoms with Gasteiger partial charge in [0, 0.05) is 49.0 Å². The first-order valence-corrected chi connectivity index (χ1v) is 7.04. The van der Waals surface area contributed by atoms with Crippen molar-refractivity contribution in [1.82, 2.24) is 15.0 Å². The Labute approximate surface area is 124 Å². The van der Waals surface area contributed by atoms with Crippen LogP contribution in [0.2, 0.25) is 0 Å². The monoisotopic (exact) mass is 275 g/mol. The average molecular weight is 275 g/mol. The molecular formula is C18H17N3. The van der Waals surface area contributed by atoms with E-state index in [1.165, 1.54) is 16.7 Å². The van der Waals surface area contributed by atoms with Gasteiger partial charge in [0.05, 0.1) is 0 Å². The van der Waals surface area contributed by atoms with Crippen LogP contribution in [0.25, 0.3) is 0 Å². The van der Waals surface area contributed by atoms with Crippen molar-refractivity contribution in [3.8, 4) is 0 Å². The van der Waals surface area contributed by atoms with Crippen LogP contribution in [0.3, 0.4) is 0 Å².